The zero-order valence-electron chi connectivity index (χ0n) is 31.6. The number of phenols is 1. The molecule has 0 fully saturated rings. The van der Waals surface area contributed by atoms with E-state index in [0.717, 1.165) is 52.5 Å². The van der Waals surface area contributed by atoms with Gasteiger partial charge in [0.1, 0.15) is 17.4 Å². The van der Waals surface area contributed by atoms with E-state index in [1.54, 1.807) is 72.8 Å². The van der Waals surface area contributed by atoms with Gasteiger partial charge >= 0.3 is 0 Å². The van der Waals surface area contributed by atoms with Crippen molar-refractivity contribution in [1.82, 2.24) is 20.4 Å². The molecule has 0 bridgehead atoms. The number of nitrogens with one attached hydrogen (secondary N) is 6. The average molecular weight is 847 g/mol. The fraction of sp³-hybridized carbons (Fsp3) is 0.0233. The molecule has 60 heavy (non-hydrogen) atoms. The molecule has 17 heteroatoms. The molecule has 0 aliphatic carbocycles. The van der Waals surface area contributed by atoms with Crippen LogP contribution in [0.15, 0.2) is 168 Å². The number of H-pyrrole nitrogens is 2. The summed E-state index contributed by atoms with van der Waals surface area (Å²) >= 11 is 0. The van der Waals surface area contributed by atoms with Crippen LogP contribution in [0, 0.1) is 18.6 Å². The first-order valence-electron chi connectivity index (χ1n) is 18.1. The lowest BCUT2D eigenvalue weighted by molar-refractivity contribution is 0.475. The van der Waals surface area contributed by atoms with Gasteiger partial charge in [0.15, 0.2) is 11.6 Å². The quantitative estimate of drug-likeness (QED) is 0.0627. The SMILES string of the molecule is Cc1ccc(-c2cc(Nc3ccc(NS(=O)(=O)c4ccc(F)cc4)cc3)n[nH]2)cc1.O=S(=O)(Nc1ccc(Nc2cc(-c3ccc(O)cc3)[nH]n2)cc1)c1ccc(F)cc1. The molecule has 0 aliphatic heterocycles. The van der Waals surface area contributed by atoms with Crippen molar-refractivity contribution in [2.24, 2.45) is 0 Å². The summed E-state index contributed by atoms with van der Waals surface area (Å²) in [6.45, 7) is 2.03. The predicted octanol–water partition coefficient (Wildman–Crippen LogP) is 9.53. The average Bonchev–Trinajstić information content (AvgIpc) is 3.90. The molecular formula is C43H36F2N8O5S2. The summed E-state index contributed by atoms with van der Waals surface area (Å²) in [5.74, 6) is 0.416. The van der Waals surface area contributed by atoms with Gasteiger partial charge in [-0.15, -0.1) is 0 Å². The lowest BCUT2D eigenvalue weighted by Gasteiger charge is -2.09. The van der Waals surface area contributed by atoms with E-state index in [1.807, 2.05) is 43.3 Å². The zero-order chi connectivity index (χ0) is 42.3. The van der Waals surface area contributed by atoms with E-state index in [4.69, 9.17) is 0 Å². The van der Waals surface area contributed by atoms with Crippen LogP contribution >= 0.6 is 0 Å². The van der Waals surface area contributed by atoms with Crippen molar-refractivity contribution < 1.29 is 30.7 Å². The van der Waals surface area contributed by atoms with Crippen LogP contribution in [0.2, 0.25) is 0 Å². The Bertz CT molecular complexity index is 2710. The number of halogens is 2. The second kappa shape index (κ2) is 17.6. The van der Waals surface area contributed by atoms with E-state index in [9.17, 15) is 30.7 Å². The summed E-state index contributed by atoms with van der Waals surface area (Å²) in [5, 5.41) is 30.0. The highest BCUT2D eigenvalue weighted by Crippen LogP contribution is 2.27. The number of aromatic nitrogens is 4. The second-order valence-electron chi connectivity index (χ2n) is 13.3. The summed E-state index contributed by atoms with van der Waals surface area (Å²) in [6.07, 6.45) is 0. The fourth-order valence-electron chi connectivity index (χ4n) is 5.64. The number of benzene rings is 6. The third-order valence-corrected chi connectivity index (χ3v) is 11.6. The van der Waals surface area contributed by atoms with Crippen LogP contribution in [0.3, 0.4) is 0 Å². The lowest BCUT2D eigenvalue weighted by Crippen LogP contribution is -2.12. The van der Waals surface area contributed by atoms with Gasteiger partial charge in [-0.05, 0) is 139 Å². The Labute approximate surface area is 344 Å². The van der Waals surface area contributed by atoms with Gasteiger partial charge in [0, 0.05) is 34.9 Å². The molecule has 0 unspecified atom stereocenters. The molecule has 0 aliphatic rings. The maximum atomic E-state index is 13.0. The van der Waals surface area contributed by atoms with Gasteiger partial charge in [-0.25, -0.2) is 25.6 Å². The molecule has 6 aromatic carbocycles. The standard InChI is InChI=1S/C22H19FN4O2S.C21H17FN4O3S/c1-15-2-4-16(5-3-15)21-14-22(26-25-21)24-18-8-10-19(11-9-18)27-30(28,29)20-12-6-17(23)7-13-20;22-15-3-11-19(12-4-15)30(28,29)26-17-7-5-16(6-8-17)23-21-13-20(24-25-21)14-1-9-18(27)10-2-14/h2-14,27H,1H3,(H2,24,25,26);1-13,26-27H,(H2,23,24,25). The van der Waals surface area contributed by atoms with E-state index in [1.165, 1.54) is 29.8 Å². The van der Waals surface area contributed by atoms with Crippen molar-refractivity contribution in [3.8, 4) is 28.3 Å². The first-order valence-corrected chi connectivity index (χ1v) is 21.0. The van der Waals surface area contributed by atoms with Gasteiger partial charge < -0.3 is 15.7 Å². The molecule has 2 heterocycles. The van der Waals surface area contributed by atoms with Crippen LogP contribution in [0.25, 0.3) is 22.5 Å². The second-order valence-corrected chi connectivity index (χ2v) is 16.6. The van der Waals surface area contributed by atoms with E-state index in [2.05, 4.69) is 40.5 Å². The minimum absolute atomic E-state index is 0.00809. The van der Waals surface area contributed by atoms with Crippen molar-refractivity contribution in [1.29, 1.82) is 0 Å². The zero-order valence-corrected chi connectivity index (χ0v) is 33.2. The number of nitrogens with zero attached hydrogens (tertiary/aromatic N) is 2. The Balaban J connectivity index is 0.000000181. The highest BCUT2D eigenvalue weighted by atomic mass is 32.2. The Morgan fingerprint density at radius 2 is 0.833 bits per heavy atom. The van der Waals surface area contributed by atoms with Gasteiger partial charge in [0.05, 0.1) is 21.2 Å². The summed E-state index contributed by atoms with van der Waals surface area (Å²) in [6, 6.07) is 41.2. The van der Waals surface area contributed by atoms with E-state index < -0.39 is 31.7 Å². The number of sulfonamides is 2. The van der Waals surface area contributed by atoms with E-state index in [0.29, 0.717) is 28.7 Å². The molecule has 13 nitrogen and oxygen atoms in total. The van der Waals surface area contributed by atoms with Crippen molar-refractivity contribution >= 4 is 54.4 Å². The molecule has 0 atom stereocenters. The van der Waals surface area contributed by atoms with Crippen LogP contribution in [0.5, 0.6) is 5.75 Å². The van der Waals surface area contributed by atoms with Gasteiger partial charge in [-0.1, -0.05) is 29.8 Å². The number of aryl methyl sites for hydroxylation is 1. The van der Waals surface area contributed by atoms with Crippen LogP contribution < -0.4 is 20.1 Å². The molecule has 0 spiro atoms. The molecule has 8 aromatic rings. The third kappa shape index (κ3) is 10.5. The van der Waals surface area contributed by atoms with Crippen LogP contribution in [0.1, 0.15) is 5.56 Å². The van der Waals surface area contributed by atoms with E-state index in [-0.39, 0.29) is 15.5 Å². The maximum Gasteiger partial charge on any atom is 0.261 e. The predicted molar refractivity (Wildman–Crippen MR) is 228 cm³/mol. The largest absolute Gasteiger partial charge is 0.508 e. The molecule has 8 rings (SSSR count). The highest BCUT2D eigenvalue weighted by molar-refractivity contribution is 7.93. The third-order valence-electron chi connectivity index (χ3n) is 8.76. The maximum absolute atomic E-state index is 13.0. The summed E-state index contributed by atoms with van der Waals surface area (Å²) in [7, 11) is -7.59. The van der Waals surface area contributed by atoms with Gasteiger partial charge in [-0.3, -0.25) is 19.6 Å². The Morgan fingerprint density at radius 3 is 1.22 bits per heavy atom. The van der Waals surface area contributed by atoms with Gasteiger partial charge in [0.25, 0.3) is 20.0 Å². The Kier molecular flexibility index (Phi) is 11.9. The first-order chi connectivity index (χ1) is 28.8. The number of hydrogen-bond acceptors (Lipinski definition) is 9. The topological polar surface area (TPSA) is 194 Å². The molecule has 0 radical (unpaired) electrons. The Morgan fingerprint density at radius 1 is 0.483 bits per heavy atom. The molecule has 0 saturated carbocycles. The number of rotatable bonds is 12. The number of aromatic amines is 2. The molecule has 304 valence electrons. The van der Waals surface area contributed by atoms with Crippen molar-refractivity contribution in [3.63, 3.8) is 0 Å². The Hall–Kier alpha value is -7.50. The molecule has 7 N–H and O–H groups in total. The van der Waals surface area contributed by atoms with Crippen LogP contribution in [-0.4, -0.2) is 42.3 Å². The molecule has 0 saturated heterocycles. The number of anilines is 6. The van der Waals surface area contributed by atoms with Crippen molar-refractivity contribution in [2.45, 2.75) is 16.7 Å². The minimum Gasteiger partial charge on any atom is -0.508 e. The first kappa shape index (κ1) is 40.7. The summed E-state index contributed by atoms with van der Waals surface area (Å²) in [4.78, 5) is -0.0318. The molecule has 0 amide bonds. The summed E-state index contributed by atoms with van der Waals surface area (Å²) in [5.41, 5.74) is 6.99. The number of phenolic OH excluding ortho intramolecular Hbond substituents is 1. The molecule has 2 aromatic heterocycles. The van der Waals surface area contributed by atoms with Crippen molar-refractivity contribution in [2.75, 3.05) is 20.1 Å². The van der Waals surface area contributed by atoms with Crippen molar-refractivity contribution in [3.05, 3.63) is 175 Å². The normalized spacial score (nSPS) is 11.2. The van der Waals surface area contributed by atoms with E-state index >= 15 is 0 Å². The smallest absolute Gasteiger partial charge is 0.261 e. The van der Waals surface area contributed by atoms with Crippen LogP contribution in [-0.2, 0) is 20.0 Å². The minimum atomic E-state index is -3.80. The lowest BCUT2D eigenvalue weighted by atomic mass is 10.1. The fourth-order valence-corrected chi connectivity index (χ4v) is 7.75. The highest BCUT2D eigenvalue weighted by Gasteiger charge is 2.16. The number of hydrogen-bond donors (Lipinski definition) is 7. The van der Waals surface area contributed by atoms with Crippen LogP contribution in [0.4, 0.5) is 43.2 Å². The monoisotopic (exact) mass is 846 g/mol. The molecular weight excluding hydrogens is 811 g/mol. The summed E-state index contributed by atoms with van der Waals surface area (Å²) < 4.78 is 80.4. The van der Waals surface area contributed by atoms with Gasteiger partial charge in [0.2, 0.25) is 0 Å². The number of aromatic hydroxyl groups is 1. The van der Waals surface area contributed by atoms with Gasteiger partial charge in [-0.2, -0.15) is 10.2 Å².